The minimum absolute atomic E-state index is 0.0244. The Hall–Kier alpha value is -1.58. The fourth-order valence-corrected chi connectivity index (χ4v) is 2.36. The van der Waals surface area contributed by atoms with Gasteiger partial charge in [0.25, 0.3) is 0 Å². The van der Waals surface area contributed by atoms with E-state index in [4.69, 9.17) is 12.2 Å². The summed E-state index contributed by atoms with van der Waals surface area (Å²) in [5.74, 6) is 2.24. The Morgan fingerprint density at radius 3 is 2.90 bits per heavy atom. The predicted octanol–water partition coefficient (Wildman–Crippen LogP) is -1.09. The summed E-state index contributed by atoms with van der Waals surface area (Å²) in [5, 5.41) is 5.48. The van der Waals surface area contributed by atoms with Gasteiger partial charge in [0.05, 0.1) is 18.5 Å². The van der Waals surface area contributed by atoms with Gasteiger partial charge < -0.3 is 16.4 Å². The number of hydrogen-bond donors (Lipinski definition) is 3. The van der Waals surface area contributed by atoms with Gasteiger partial charge in [0, 0.05) is 19.6 Å². The summed E-state index contributed by atoms with van der Waals surface area (Å²) >= 11 is 0. The summed E-state index contributed by atoms with van der Waals surface area (Å²) < 4.78 is 0. The molecule has 2 unspecified atom stereocenters. The number of nitrogens with zero attached hydrogens (tertiary/aromatic N) is 1. The van der Waals surface area contributed by atoms with Crippen molar-refractivity contribution in [1.82, 2.24) is 15.5 Å². The first-order valence-electron chi connectivity index (χ1n) is 7.03. The fraction of sp³-hybridized carbons (Fsp3) is 0.714. The van der Waals surface area contributed by atoms with Gasteiger partial charge in [0.2, 0.25) is 11.8 Å². The zero-order valence-electron chi connectivity index (χ0n) is 12.0. The summed E-state index contributed by atoms with van der Waals surface area (Å²) in [6.45, 7) is 4.43. The monoisotopic (exact) mass is 280 g/mol. The Morgan fingerprint density at radius 1 is 1.50 bits per heavy atom. The Balaban J connectivity index is 2.49. The van der Waals surface area contributed by atoms with Crippen LogP contribution in [0.2, 0.25) is 0 Å². The van der Waals surface area contributed by atoms with E-state index in [2.05, 4.69) is 16.6 Å². The third-order valence-corrected chi connectivity index (χ3v) is 3.56. The maximum atomic E-state index is 11.9. The SMILES string of the molecule is C#CCNC(=O)C(C)N1CCCC(C(=O)NCCN)C1. The Kier molecular flexibility index (Phi) is 7.05. The average molecular weight is 280 g/mol. The van der Waals surface area contributed by atoms with Crippen molar-refractivity contribution in [2.24, 2.45) is 11.7 Å². The third-order valence-electron chi connectivity index (χ3n) is 3.56. The van der Waals surface area contributed by atoms with E-state index in [1.54, 1.807) is 0 Å². The van der Waals surface area contributed by atoms with Crippen LogP contribution in [0.4, 0.5) is 0 Å². The molecule has 6 nitrogen and oxygen atoms in total. The number of nitrogens with one attached hydrogen (secondary N) is 2. The van der Waals surface area contributed by atoms with Gasteiger partial charge in [-0.3, -0.25) is 14.5 Å². The summed E-state index contributed by atoms with van der Waals surface area (Å²) in [4.78, 5) is 25.9. The first-order chi connectivity index (χ1) is 9.60. The number of nitrogens with two attached hydrogens (primary N) is 1. The highest BCUT2D eigenvalue weighted by Crippen LogP contribution is 2.18. The minimum Gasteiger partial charge on any atom is -0.355 e. The number of amides is 2. The molecule has 0 bridgehead atoms. The quantitative estimate of drug-likeness (QED) is 0.540. The molecule has 6 heteroatoms. The van der Waals surface area contributed by atoms with Crippen LogP contribution >= 0.6 is 0 Å². The fourth-order valence-electron chi connectivity index (χ4n) is 2.36. The van der Waals surface area contributed by atoms with E-state index >= 15 is 0 Å². The number of likely N-dealkylation sites (tertiary alicyclic amines) is 1. The number of hydrogen-bond acceptors (Lipinski definition) is 4. The van der Waals surface area contributed by atoms with Gasteiger partial charge >= 0.3 is 0 Å². The molecule has 0 spiro atoms. The molecule has 1 saturated heterocycles. The largest absolute Gasteiger partial charge is 0.355 e. The molecule has 4 N–H and O–H groups in total. The second kappa shape index (κ2) is 8.56. The lowest BCUT2D eigenvalue weighted by Gasteiger charge is -2.35. The summed E-state index contributed by atoms with van der Waals surface area (Å²) in [6.07, 6.45) is 6.89. The third kappa shape index (κ3) is 4.83. The average Bonchev–Trinajstić information content (AvgIpc) is 2.49. The zero-order valence-corrected chi connectivity index (χ0v) is 12.0. The number of carbonyl (C=O) groups is 2. The van der Waals surface area contributed by atoms with E-state index < -0.39 is 0 Å². The van der Waals surface area contributed by atoms with Gasteiger partial charge in [-0.25, -0.2) is 0 Å². The molecule has 20 heavy (non-hydrogen) atoms. The molecule has 0 radical (unpaired) electrons. The smallest absolute Gasteiger partial charge is 0.237 e. The molecule has 0 aliphatic carbocycles. The lowest BCUT2D eigenvalue weighted by molar-refractivity contribution is -0.131. The van der Waals surface area contributed by atoms with Crippen LogP contribution in [0.5, 0.6) is 0 Å². The van der Waals surface area contributed by atoms with Gasteiger partial charge in [-0.05, 0) is 26.3 Å². The highest BCUT2D eigenvalue weighted by Gasteiger charge is 2.30. The van der Waals surface area contributed by atoms with Crippen LogP contribution < -0.4 is 16.4 Å². The van der Waals surface area contributed by atoms with E-state index in [1.807, 2.05) is 11.8 Å². The van der Waals surface area contributed by atoms with Crippen LogP contribution in [0.1, 0.15) is 19.8 Å². The van der Waals surface area contributed by atoms with Crippen molar-refractivity contribution in [3.8, 4) is 12.3 Å². The maximum Gasteiger partial charge on any atom is 0.237 e. The first-order valence-corrected chi connectivity index (χ1v) is 7.03. The molecule has 0 saturated carbocycles. The van der Waals surface area contributed by atoms with E-state index in [0.717, 1.165) is 19.4 Å². The Bertz CT molecular complexity index is 378. The second-order valence-corrected chi connectivity index (χ2v) is 5.01. The van der Waals surface area contributed by atoms with Crippen LogP contribution in [0.3, 0.4) is 0 Å². The summed E-state index contributed by atoms with van der Waals surface area (Å²) in [5.41, 5.74) is 5.37. The Labute approximate surface area is 120 Å². The van der Waals surface area contributed by atoms with Crippen LogP contribution in [0.25, 0.3) is 0 Å². The molecule has 0 aromatic carbocycles. The number of rotatable bonds is 6. The number of piperidine rings is 1. The Morgan fingerprint density at radius 2 is 2.25 bits per heavy atom. The summed E-state index contributed by atoms with van der Waals surface area (Å²) in [7, 11) is 0. The van der Waals surface area contributed by atoms with Crippen LogP contribution in [-0.2, 0) is 9.59 Å². The van der Waals surface area contributed by atoms with Gasteiger partial charge in [-0.1, -0.05) is 5.92 Å². The molecular formula is C14H24N4O2. The number of terminal acetylenes is 1. The van der Waals surface area contributed by atoms with E-state index in [-0.39, 0.29) is 30.3 Å². The molecule has 2 amide bonds. The van der Waals surface area contributed by atoms with Crippen molar-refractivity contribution in [3.05, 3.63) is 0 Å². The van der Waals surface area contributed by atoms with Gasteiger partial charge in [0.15, 0.2) is 0 Å². The lowest BCUT2D eigenvalue weighted by atomic mass is 9.96. The molecule has 1 aliphatic heterocycles. The van der Waals surface area contributed by atoms with Crippen molar-refractivity contribution in [2.75, 3.05) is 32.7 Å². The van der Waals surface area contributed by atoms with Crippen molar-refractivity contribution >= 4 is 11.8 Å². The molecule has 112 valence electrons. The van der Waals surface area contributed by atoms with Crippen molar-refractivity contribution in [1.29, 1.82) is 0 Å². The lowest BCUT2D eigenvalue weighted by Crippen LogP contribution is -2.51. The van der Waals surface area contributed by atoms with Crippen LogP contribution in [0.15, 0.2) is 0 Å². The molecule has 1 aliphatic rings. The zero-order chi connectivity index (χ0) is 15.0. The van der Waals surface area contributed by atoms with Gasteiger partial charge in [-0.15, -0.1) is 6.42 Å². The van der Waals surface area contributed by atoms with Crippen LogP contribution in [0, 0.1) is 18.3 Å². The van der Waals surface area contributed by atoms with Gasteiger partial charge in [0.1, 0.15) is 0 Å². The highest BCUT2D eigenvalue weighted by atomic mass is 16.2. The van der Waals surface area contributed by atoms with Gasteiger partial charge in [-0.2, -0.15) is 0 Å². The maximum absolute atomic E-state index is 11.9. The minimum atomic E-state index is -0.270. The van der Waals surface area contributed by atoms with Crippen molar-refractivity contribution in [2.45, 2.75) is 25.8 Å². The molecule has 2 atom stereocenters. The highest BCUT2D eigenvalue weighted by molar-refractivity contribution is 5.82. The van der Waals surface area contributed by atoms with E-state index in [1.165, 1.54) is 0 Å². The molecule has 1 rings (SSSR count). The molecule has 1 heterocycles. The topological polar surface area (TPSA) is 87.5 Å². The van der Waals surface area contributed by atoms with Crippen LogP contribution in [-0.4, -0.2) is 55.5 Å². The standard InChI is InChI=1S/C14H24N4O2/c1-3-7-16-13(19)11(2)18-9-4-5-12(10-18)14(20)17-8-6-15/h1,11-12H,4-10,15H2,2H3,(H,16,19)(H,17,20). The van der Waals surface area contributed by atoms with Crippen molar-refractivity contribution in [3.63, 3.8) is 0 Å². The van der Waals surface area contributed by atoms with Crippen molar-refractivity contribution < 1.29 is 9.59 Å². The normalized spacial score (nSPS) is 20.8. The van der Waals surface area contributed by atoms with E-state index in [0.29, 0.717) is 19.6 Å². The second-order valence-electron chi connectivity index (χ2n) is 5.01. The predicted molar refractivity (Wildman–Crippen MR) is 77.7 cm³/mol. The van der Waals surface area contributed by atoms with E-state index in [9.17, 15) is 9.59 Å². The molecule has 1 fully saturated rings. The molecule has 0 aromatic heterocycles. The first kappa shape index (κ1) is 16.5. The molecule has 0 aromatic rings. The summed E-state index contributed by atoms with van der Waals surface area (Å²) in [6, 6.07) is -0.270. The molecular weight excluding hydrogens is 256 g/mol. The number of carbonyl (C=O) groups excluding carboxylic acids is 2.